The number of rotatable bonds is 9. The average molecular weight is 240 g/mol. The molecule has 0 aromatic heterocycles. The lowest BCUT2D eigenvalue weighted by molar-refractivity contribution is -0.656. The van der Waals surface area contributed by atoms with Gasteiger partial charge in [0.1, 0.15) is 0 Å². The summed E-state index contributed by atoms with van der Waals surface area (Å²) in [4.78, 5) is 0. The number of quaternary nitrogens is 1. The van der Waals surface area contributed by atoms with Gasteiger partial charge in [-0.3, -0.25) is 0 Å². The van der Waals surface area contributed by atoms with Crippen molar-refractivity contribution in [3.63, 3.8) is 0 Å². The first-order chi connectivity index (χ1) is 8.38. The lowest BCUT2D eigenvalue weighted by atomic mass is 10.3. The van der Waals surface area contributed by atoms with Crippen molar-refractivity contribution in [1.29, 1.82) is 0 Å². The highest BCUT2D eigenvalue weighted by molar-refractivity contribution is 5.39. The van der Waals surface area contributed by atoms with Gasteiger partial charge in [-0.05, 0) is 25.0 Å². The summed E-state index contributed by atoms with van der Waals surface area (Å²) < 4.78 is 10.8. The van der Waals surface area contributed by atoms with Gasteiger partial charge in [0.25, 0.3) is 0 Å². The topological polar surface area (TPSA) is 55.3 Å². The molecule has 0 aliphatic heterocycles. The highest BCUT2D eigenvalue weighted by Gasteiger charge is 2.01. The van der Waals surface area contributed by atoms with Crippen LogP contribution in [0.3, 0.4) is 0 Å². The van der Waals surface area contributed by atoms with E-state index in [2.05, 4.69) is 5.32 Å². The van der Waals surface area contributed by atoms with E-state index in [9.17, 15) is 0 Å². The Bertz CT molecular complexity index is 304. The van der Waals surface area contributed by atoms with Crippen LogP contribution in [0.4, 0.5) is 0 Å². The van der Waals surface area contributed by atoms with E-state index < -0.39 is 0 Å². The molecule has 0 spiro atoms. The first kappa shape index (κ1) is 13.8. The van der Waals surface area contributed by atoms with E-state index in [0.29, 0.717) is 6.61 Å². The molecular formula is C13H22NO3+. The Morgan fingerprint density at radius 3 is 2.59 bits per heavy atom. The number of para-hydroxylation sites is 2. The smallest absolute Gasteiger partial charge is 0.161 e. The molecule has 0 amide bonds. The molecule has 0 heterocycles. The molecule has 4 heteroatoms. The van der Waals surface area contributed by atoms with Crippen LogP contribution < -0.4 is 14.8 Å². The first-order valence-corrected chi connectivity index (χ1v) is 6.07. The van der Waals surface area contributed by atoms with Gasteiger partial charge in [0.05, 0.1) is 33.4 Å². The highest BCUT2D eigenvalue weighted by Crippen LogP contribution is 2.25. The fourth-order valence-corrected chi connectivity index (χ4v) is 1.55. The number of aliphatic hydroxyl groups is 1. The molecule has 0 unspecified atom stereocenters. The Kier molecular flexibility index (Phi) is 7.18. The number of methoxy groups -OCH3 is 1. The van der Waals surface area contributed by atoms with Crippen molar-refractivity contribution in [2.45, 2.75) is 12.8 Å². The third-order valence-corrected chi connectivity index (χ3v) is 2.46. The number of nitrogens with two attached hydrogens (primary N) is 1. The molecule has 1 aromatic rings. The predicted octanol–water partition coefficient (Wildman–Crippen LogP) is 0.410. The molecule has 0 aliphatic carbocycles. The van der Waals surface area contributed by atoms with Crippen LogP contribution in [0.5, 0.6) is 11.5 Å². The standard InChI is InChI=1S/C13H21NO3/c1-16-12-6-2-3-7-13(12)17-11-5-4-8-14-9-10-15/h2-3,6-7,14-15H,4-5,8-11H2,1H3/p+1. The largest absolute Gasteiger partial charge is 0.493 e. The van der Waals surface area contributed by atoms with Crippen molar-refractivity contribution >= 4 is 0 Å². The van der Waals surface area contributed by atoms with Crippen LogP contribution in [0.2, 0.25) is 0 Å². The van der Waals surface area contributed by atoms with E-state index in [1.807, 2.05) is 24.3 Å². The summed E-state index contributed by atoms with van der Waals surface area (Å²) >= 11 is 0. The monoisotopic (exact) mass is 240 g/mol. The summed E-state index contributed by atoms with van der Waals surface area (Å²) in [5, 5.41) is 10.7. The fraction of sp³-hybridized carbons (Fsp3) is 0.538. The molecule has 96 valence electrons. The summed E-state index contributed by atoms with van der Waals surface area (Å²) in [5.41, 5.74) is 0. The van der Waals surface area contributed by atoms with Gasteiger partial charge in [0.15, 0.2) is 11.5 Å². The van der Waals surface area contributed by atoms with Gasteiger partial charge in [-0.2, -0.15) is 0 Å². The van der Waals surface area contributed by atoms with Crippen LogP contribution in [0.25, 0.3) is 0 Å². The van der Waals surface area contributed by atoms with E-state index in [1.165, 1.54) is 0 Å². The van der Waals surface area contributed by atoms with Gasteiger partial charge in [-0.15, -0.1) is 0 Å². The third-order valence-electron chi connectivity index (χ3n) is 2.46. The van der Waals surface area contributed by atoms with Crippen molar-refractivity contribution in [2.24, 2.45) is 0 Å². The van der Waals surface area contributed by atoms with Gasteiger partial charge < -0.3 is 19.9 Å². The maximum atomic E-state index is 8.61. The second-order valence-corrected chi connectivity index (χ2v) is 3.80. The lowest BCUT2D eigenvalue weighted by Gasteiger charge is -2.09. The maximum absolute atomic E-state index is 8.61. The molecule has 17 heavy (non-hydrogen) atoms. The van der Waals surface area contributed by atoms with Crippen LogP contribution >= 0.6 is 0 Å². The van der Waals surface area contributed by atoms with E-state index in [-0.39, 0.29) is 6.61 Å². The van der Waals surface area contributed by atoms with Crippen molar-refractivity contribution in [3.8, 4) is 11.5 Å². The number of ether oxygens (including phenoxy) is 2. The van der Waals surface area contributed by atoms with Crippen molar-refractivity contribution in [3.05, 3.63) is 24.3 Å². The van der Waals surface area contributed by atoms with Crippen molar-refractivity contribution < 1.29 is 19.9 Å². The molecule has 3 N–H and O–H groups in total. The van der Waals surface area contributed by atoms with Crippen LogP contribution in [-0.4, -0.2) is 38.5 Å². The minimum atomic E-state index is 0.248. The van der Waals surface area contributed by atoms with E-state index in [0.717, 1.165) is 37.4 Å². The molecule has 1 aromatic carbocycles. The summed E-state index contributed by atoms with van der Waals surface area (Å²) in [5.74, 6) is 1.58. The zero-order chi connectivity index (χ0) is 12.3. The molecule has 0 atom stereocenters. The molecule has 0 radical (unpaired) electrons. The summed E-state index contributed by atoms with van der Waals surface area (Å²) in [6.45, 7) is 2.77. The Balaban J connectivity index is 2.13. The quantitative estimate of drug-likeness (QED) is 0.615. The SMILES string of the molecule is COc1ccccc1OCCCC[NH2+]CCO. The van der Waals surface area contributed by atoms with Gasteiger partial charge in [0.2, 0.25) is 0 Å². The van der Waals surface area contributed by atoms with Crippen LogP contribution in [0.15, 0.2) is 24.3 Å². The van der Waals surface area contributed by atoms with Crippen molar-refractivity contribution in [2.75, 3.05) is 33.4 Å². The second-order valence-electron chi connectivity index (χ2n) is 3.80. The Morgan fingerprint density at radius 1 is 1.12 bits per heavy atom. The number of hydrogen-bond donors (Lipinski definition) is 2. The van der Waals surface area contributed by atoms with Gasteiger partial charge in [-0.25, -0.2) is 0 Å². The lowest BCUT2D eigenvalue weighted by Crippen LogP contribution is -2.85. The third kappa shape index (κ3) is 5.56. The van der Waals surface area contributed by atoms with E-state index in [1.54, 1.807) is 7.11 Å². The Hall–Kier alpha value is -1.26. The average Bonchev–Trinajstić information content (AvgIpc) is 2.38. The minimum Gasteiger partial charge on any atom is -0.493 e. The predicted molar refractivity (Wildman–Crippen MR) is 66.5 cm³/mol. The van der Waals surface area contributed by atoms with E-state index >= 15 is 0 Å². The molecule has 0 aliphatic rings. The first-order valence-electron chi connectivity index (χ1n) is 6.07. The van der Waals surface area contributed by atoms with Gasteiger partial charge >= 0.3 is 0 Å². The number of aliphatic hydroxyl groups excluding tert-OH is 1. The summed E-state index contributed by atoms with van der Waals surface area (Å²) in [6, 6.07) is 7.67. The van der Waals surface area contributed by atoms with Gasteiger partial charge in [0, 0.05) is 0 Å². The van der Waals surface area contributed by atoms with Crippen LogP contribution in [-0.2, 0) is 0 Å². The normalized spacial score (nSPS) is 10.2. The number of unbranched alkanes of at least 4 members (excludes halogenated alkanes) is 1. The van der Waals surface area contributed by atoms with Gasteiger partial charge in [-0.1, -0.05) is 12.1 Å². The summed E-state index contributed by atoms with van der Waals surface area (Å²) in [6.07, 6.45) is 2.11. The highest BCUT2D eigenvalue weighted by atomic mass is 16.5. The zero-order valence-corrected chi connectivity index (χ0v) is 10.4. The molecular weight excluding hydrogens is 218 g/mol. The van der Waals surface area contributed by atoms with Crippen LogP contribution in [0.1, 0.15) is 12.8 Å². The van der Waals surface area contributed by atoms with Crippen LogP contribution in [0, 0.1) is 0 Å². The van der Waals surface area contributed by atoms with Crippen molar-refractivity contribution in [1.82, 2.24) is 0 Å². The molecule has 1 rings (SSSR count). The Morgan fingerprint density at radius 2 is 1.88 bits per heavy atom. The molecule has 0 saturated carbocycles. The maximum Gasteiger partial charge on any atom is 0.161 e. The summed E-state index contributed by atoms with van der Waals surface area (Å²) in [7, 11) is 1.64. The molecule has 0 bridgehead atoms. The molecule has 4 nitrogen and oxygen atoms in total. The Labute approximate surface area is 103 Å². The number of hydrogen-bond acceptors (Lipinski definition) is 3. The van der Waals surface area contributed by atoms with E-state index in [4.69, 9.17) is 14.6 Å². The molecule has 0 saturated heterocycles. The minimum absolute atomic E-state index is 0.248. The second kappa shape index (κ2) is 8.84. The molecule has 0 fully saturated rings. The number of benzene rings is 1. The fourth-order valence-electron chi connectivity index (χ4n) is 1.55. The zero-order valence-electron chi connectivity index (χ0n) is 10.4.